The van der Waals surface area contributed by atoms with Gasteiger partial charge in [0, 0.05) is 55.1 Å². The maximum Gasteiger partial charge on any atom is 0.187 e. The van der Waals surface area contributed by atoms with Gasteiger partial charge in [-0.05, 0) is 49.3 Å². The van der Waals surface area contributed by atoms with Gasteiger partial charge in [0.05, 0.1) is 0 Å². The first-order chi connectivity index (χ1) is 11.6. The Labute approximate surface area is 142 Å². The molecular weight excluding hydrogens is 298 g/mol. The first-order valence-electron chi connectivity index (χ1n) is 8.13. The Balaban J connectivity index is 1.96. The fourth-order valence-corrected chi connectivity index (χ4v) is 2.76. The van der Waals surface area contributed by atoms with Gasteiger partial charge in [-0.1, -0.05) is 12.1 Å². The van der Waals surface area contributed by atoms with E-state index in [2.05, 4.69) is 28.7 Å². The topological polar surface area (TPSA) is 46.1 Å². The van der Waals surface area contributed by atoms with Crippen molar-refractivity contribution in [2.24, 2.45) is 0 Å². The summed E-state index contributed by atoms with van der Waals surface area (Å²) in [6.07, 6.45) is 10.9. The molecule has 0 atom stereocenters. The number of piperidine rings is 1. The molecule has 0 radical (unpaired) electrons. The second-order valence-electron chi connectivity index (χ2n) is 6.24. The third-order valence-corrected chi connectivity index (χ3v) is 4.11. The summed E-state index contributed by atoms with van der Waals surface area (Å²) in [5.74, 6) is 0.111. The van der Waals surface area contributed by atoms with E-state index in [1.54, 1.807) is 24.8 Å². The molecule has 1 aliphatic heterocycles. The van der Waals surface area contributed by atoms with Crippen molar-refractivity contribution < 1.29 is 4.79 Å². The van der Waals surface area contributed by atoms with Crippen molar-refractivity contribution in [2.45, 2.75) is 19.9 Å². The average molecular weight is 319 g/mol. The molecule has 0 aromatic carbocycles. The highest BCUT2D eigenvalue weighted by Crippen LogP contribution is 2.23. The smallest absolute Gasteiger partial charge is 0.187 e. The highest BCUT2D eigenvalue weighted by atomic mass is 16.1. The Morgan fingerprint density at radius 3 is 1.83 bits per heavy atom. The quantitative estimate of drug-likeness (QED) is 0.815. The number of carbonyl (C=O) groups is 1. The Hall–Kier alpha value is -2.59. The number of aromatic nitrogens is 2. The van der Waals surface area contributed by atoms with Crippen LogP contribution in [0.15, 0.2) is 60.2 Å². The van der Waals surface area contributed by atoms with Crippen LogP contribution in [0.25, 0.3) is 12.2 Å². The Kier molecular flexibility index (Phi) is 4.96. The molecule has 0 N–H and O–H groups in total. The van der Waals surface area contributed by atoms with E-state index < -0.39 is 0 Å². The summed E-state index contributed by atoms with van der Waals surface area (Å²) in [5, 5.41) is 0. The maximum atomic E-state index is 12.9. The second kappa shape index (κ2) is 7.32. The average Bonchev–Trinajstić information content (AvgIpc) is 2.60. The fraction of sp³-hybridized carbons (Fsp3) is 0.250. The van der Waals surface area contributed by atoms with Crippen LogP contribution in [0.3, 0.4) is 0 Å². The molecule has 2 aromatic rings. The maximum absolute atomic E-state index is 12.9. The van der Waals surface area contributed by atoms with Crippen LogP contribution >= 0.6 is 0 Å². The third kappa shape index (κ3) is 3.84. The molecule has 1 saturated heterocycles. The van der Waals surface area contributed by atoms with Gasteiger partial charge >= 0.3 is 0 Å². The van der Waals surface area contributed by atoms with Crippen LogP contribution in [0, 0.1) is 0 Å². The second-order valence-corrected chi connectivity index (χ2v) is 6.24. The molecule has 4 nitrogen and oxygen atoms in total. The molecule has 0 unspecified atom stereocenters. The monoisotopic (exact) mass is 319 g/mol. The van der Waals surface area contributed by atoms with Gasteiger partial charge in [0.2, 0.25) is 0 Å². The minimum absolute atomic E-state index is 0.111. The first-order valence-corrected chi connectivity index (χ1v) is 8.13. The summed E-state index contributed by atoms with van der Waals surface area (Å²) in [6.45, 7) is 5.63. The highest BCUT2D eigenvalue weighted by molar-refractivity contribution is 6.14. The molecule has 0 amide bonds. The van der Waals surface area contributed by atoms with Crippen molar-refractivity contribution in [1.82, 2.24) is 14.9 Å². The molecule has 24 heavy (non-hydrogen) atoms. The van der Waals surface area contributed by atoms with E-state index in [4.69, 9.17) is 0 Å². The van der Waals surface area contributed by atoms with Crippen LogP contribution in [-0.4, -0.2) is 39.8 Å². The van der Waals surface area contributed by atoms with Crippen LogP contribution in [0.1, 0.15) is 25.0 Å². The van der Waals surface area contributed by atoms with Gasteiger partial charge in [0.1, 0.15) is 0 Å². The Morgan fingerprint density at radius 1 is 0.958 bits per heavy atom. The molecular formula is C20H21N3O. The van der Waals surface area contributed by atoms with E-state index in [9.17, 15) is 4.79 Å². The molecule has 0 bridgehead atoms. The zero-order valence-corrected chi connectivity index (χ0v) is 14.0. The zero-order chi connectivity index (χ0) is 16.9. The van der Waals surface area contributed by atoms with Gasteiger partial charge in [-0.25, -0.2) is 0 Å². The number of hydrogen-bond donors (Lipinski definition) is 0. The molecule has 2 aromatic heterocycles. The van der Waals surface area contributed by atoms with E-state index in [0.717, 1.165) is 22.3 Å². The van der Waals surface area contributed by atoms with Crippen molar-refractivity contribution in [3.05, 3.63) is 71.3 Å². The predicted octanol–water partition coefficient (Wildman–Crippen LogP) is 3.24. The number of Topliss-reactive ketones (excluding diaryl/α,β-unsaturated/α-hetero) is 1. The molecule has 1 fully saturated rings. The van der Waals surface area contributed by atoms with Gasteiger partial charge < -0.3 is 0 Å². The number of ketones is 1. The van der Waals surface area contributed by atoms with Crippen LogP contribution in [0.5, 0.6) is 0 Å². The minimum atomic E-state index is 0.111. The number of pyridine rings is 2. The minimum Gasteiger partial charge on any atom is -0.292 e. The van der Waals surface area contributed by atoms with Crippen molar-refractivity contribution in [1.29, 1.82) is 0 Å². The number of carbonyl (C=O) groups excluding carboxylic acids is 1. The van der Waals surface area contributed by atoms with Crippen LogP contribution < -0.4 is 0 Å². The van der Waals surface area contributed by atoms with Crippen LogP contribution in [0.4, 0.5) is 0 Å². The van der Waals surface area contributed by atoms with Crippen LogP contribution in [0.2, 0.25) is 0 Å². The molecule has 0 saturated carbocycles. The Bertz CT molecular complexity index is 702. The van der Waals surface area contributed by atoms with E-state index in [1.807, 2.05) is 36.4 Å². The van der Waals surface area contributed by atoms with Crippen molar-refractivity contribution in [3.8, 4) is 0 Å². The van der Waals surface area contributed by atoms with Gasteiger partial charge in [0.15, 0.2) is 5.78 Å². The normalized spacial score (nSPS) is 19.4. The van der Waals surface area contributed by atoms with Gasteiger partial charge in [-0.15, -0.1) is 0 Å². The predicted molar refractivity (Wildman–Crippen MR) is 96.1 cm³/mol. The molecule has 0 spiro atoms. The summed E-state index contributed by atoms with van der Waals surface area (Å²) in [6, 6.07) is 8.06. The third-order valence-electron chi connectivity index (χ3n) is 4.11. The van der Waals surface area contributed by atoms with E-state index in [-0.39, 0.29) is 5.78 Å². The number of nitrogens with zero attached hydrogens (tertiary/aromatic N) is 3. The van der Waals surface area contributed by atoms with Gasteiger partial charge in [-0.2, -0.15) is 0 Å². The summed E-state index contributed by atoms with van der Waals surface area (Å²) >= 11 is 0. The lowest BCUT2D eigenvalue weighted by molar-refractivity contribution is -0.113. The number of likely N-dealkylation sites (tertiary alicyclic amines) is 1. The molecule has 4 heteroatoms. The standard InChI is InChI=1S/C20H21N3O/c1-15(2)23-13-18(9-16-5-3-7-21-11-16)20(24)19(14-23)10-17-6-4-8-22-12-17/h3-12,15H,13-14H2,1-2H3/b18-9+,19-10+. The number of hydrogen-bond acceptors (Lipinski definition) is 4. The molecule has 1 aliphatic rings. The van der Waals surface area contributed by atoms with E-state index in [0.29, 0.717) is 19.1 Å². The van der Waals surface area contributed by atoms with Crippen molar-refractivity contribution in [2.75, 3.05) is 13.1 Å². The lowest BCUT2D eigenvalue weighted by atomic mass is 9.94. The van der Waals surface area contributed by atoms with Gasteiger partial charge in [0.25, 0.3) is 0 Å². The summed E-state index contributed by atoms with van der Waals surface area (Å²) in [4.78, 5) is 23.4. The summed E-state index contributed by atoms with van der Waals surface area (Å²) in [7, 11) is 0. The van der Waals surface area contributed by atoms with Crippen LogP contribution in [-0.2, 0) is 4.79 Å². The van der Waals surface area contributed by atoms with Crippen molar-refractivity contribution in [3.63, 3.8) is 0 Å². The van der Waals surface area contributed by atoms with E-state index in [1.165, 1.54) is 0 Å². The zero-order valence-electron chi connectivity index (χ0n) is 14.0. The summed E-state index contributed by atoms with van der Waals surface area (Å²) in [5.41, 5.74) is 3.51. The summed E-state index contributed by atoms with van der Waals surface area (Å²) < 4.78 is 0. The molecule has 3 rings (SSSR count). The SMILES string of the molecule is CC(C)N1C/C(=C\c2cccnc2)C(=O)/C(=C/c2cccnc2)C1. The van der Waals surface area contributed by atoms with Gasteiger partial charge in [-0.3, -0.25) is 19.7 Å². The van der Waals surface area contributed by atoms with Crippen molar-refractivity contribution >= 4 is 17.9 Å². The molecule has 3 heterocycles. The largest absolute Gasteiger partial charge is 0.292 e. The molecule has 122 valence electrons. The fourth-order valence-electron chi connectivity index (χ4n) is 2.76. The molecule has 0 aliphatic carbocycles. The Morgan fingerprint density at radius 2 is 1.46 bits per heavy atom. The lowest BCUT2D eigenvalue weighted by Gasteiger charge is -2.32. The highest BCUT2D eigenvalue weighted by Gasteiger charge is 2.27. The number of rotatable bonds is 3. The van der Waals surface area contributed by atoms with E-state index >= 15 is 0 Å². The first kappa shape index (κ1) is 16.3. The lowest BCUT2D eigenvalue weighted by Crippen LogP contribution is -2.41.